The van der Waals surface area contributed by atoms with Gasteiger partial charge in [-0.05, 0) is 61.5 Å². The summed E-state index contributed by atoms with van der Waals surface area (Å²) in [6.45, 7) is 2.49. The van der Waals surface area contributed by atoms with Gasteiger partial charge in [-0.2, -0.15) is 4.31 Å². The van der Waals surface area contributed by atoms with Crippen molar-refractivity contribution in [3.05, 3.63) is 90.0 Å². The van der Waals surface area contributed by atoms with Crippen LogP contribution in [0.2, 0.25) is 0 Å². The number of methoxy groups -OCH3 is 1. The minimum Gasteiger partial charge on any atom is -0.497 e. The van der Waals surface area contributed by atoms with Crippen molar-refractivity contribution in [3.8, 4) is 5.75 Å². The van der Waals surface area contributed by atoms with Crippen LogP contribution in [0.4, 0.5) is 5.69 Å². The highest BCUT2D eigenvalue weighted by molar-refractivity contribution is 7.89. The zero-order chi connectivity index (χ0) is 24.7. The maximum atomic E-state index is 12.9. The normalized spacial score (nSPS) is 12.5. The standard InChI is InChI=1S/C26H31N3O4S/c1-20(22-10-14-24(33-4)15-11-22)28(2)19-26(30)27-23-12-16-25(17-13-23)34(31,32)29(3)18-21-8-6-5-7-9-21/h5-17,20H,18-19H2,1-4H3,(H,27,30). The van der Waals surface area contributed by atoms with E-state index in [0.717, 1.165) is 16.9 Å². The Labute approximate surface area is 202 Å². The Hall–Kier alpha value is -3.20. The minimum atomic E-state index is -3.64. The third-order valence-electron chi connectivity index (χ3n) is 5.75. The number of ether oxygens (including phenoxy) is 1. The van der Waals surface area contributed by atoms with Crippen LogP contribution in [0.15, 0.2) is 83.8 Å². The zero-order valence-corrected chi connectivity index (χ0v) is 20.7. The molecular formula is C26H31N3O4S. The molecule has 3 rings (SSSR count). The first-order valence-corrected chi connectivity index (χ1v) is 12.4. The smallest absolute Gasteiger partial charge is 0.243 e. The number of likely N-dealkylation sites (N-methyl/N-ethyl adjacent to an activating group) is 1. The van der Waals surface area contributed by atoms with Crippen molar-refractivity contribution < 1.29 is 17.9 Å². The average Bonchev–Trinajstić information content (AvgIpc) is 2.84. The average molecular weight is 482 g/mol. The molecule has 0 radical (unpaired) electrons. The number of carbonyl (C=O) groups is 1. The van der Waals surface area contributed by atoms with Crippen molar-refractivity contribution in [1.82, 2.24) is 9.21 Å². The highest BCUT2D eigenvalue weighted by Gasteiger charge is 2.21. The maximum Gasteiger partial charge on any atom is 0.243 e. The van der Waals surface area contributed by atoms with Crippen molar-refractivity contribution >= 4 is 21.6 Å². The van der Waals surface area contributed by atoms with Crippen LogP contribution in [0.5, 0.6) is 5.75 Å². The van der Waals surface area contributed by atoms with Crippen LogP contribution in [0, 0.1) is 0 Å². The number of hydrogen-bond donors (Lipinski definition) is 1. The molecule has 8 heteroatoms. The Balaban J connectivity index is 1.58. The molecule has 0 saturated heterocycles. The molecule has 0 aliphatic rings. The van der Waals surface area contributed by atoms with E-state index in [0.29, 0.717) is 5.69 Å². The topological polar surface area (TPSA) is 79.0 Å². The Morgan fingerprint density at radius 2 is 1.56 bits per heavy atom. The van der Waals surface area contributed by atoms with Gasteiger partial charge in [-0.15, -0.1) is 0 Å². The van der Waals surface area contributed by atoms with Gasteiger partial charge in [-0.3, -0.25) is 9.69 Å². The quantitative estimate of drug-likeness (QED) is 0.471. The zero-order valence-electron chi connectivity index (χ0n) is 19.9. The molecule has 1 atom stereocenters. The fourth-order valence-corrected chi connectivity index (χ4v) is 4.68. The van der Waals surface area contributed by atoms with Gasteiger partial charge in [0, 0.05) is 25.3 Å². The van der Waals surface area contributed by atoms with Crippen LogP contribution in [-0.4, -0.2) is 51.3 Å². The first-order chi connectivity index (χ1) is 16.2. The lowest BCUT2D eigenvalue weighted by atomic mass is 10.1. The summed E-state index contributed by atoms with van der Waals surface area (Å²) in [5, 5.41) is 2.84. The van der Waals surface area contributed by atoms with Crippen LogP contribution >= 0.6 is 0 Å². The van der Waals surface area contributed by atoms with Crippen LogP contribution in [0.1, 0.15) is 24.1 Å². The summed E-state index contributed by atoms with van der Waals surface area (Å²) in [4.78, 5) is 14.7. The number of benzene rings is 3. The minimum absolute atomic E-state index is 0.0318. The van der Waals surface area contributed by atoms with Gasteiger partial charge in [0.05, 0.1) is 18.6 Å². The lowest BCUT2D eigenvalue weighted by molar-refractivity contribution is -0.117. The van der Waals surface area contributed by atoms with Gasteiger partial charge in [0.25, 0.3) is 0 Å². The van der Waals surface area contributed by atoms with Crippen LogP contribution in [0.3, 0.4) is 0 Å². The SMILES string of the molecule is COc1ccc(C(C)N(C)CC(=O)Nc2ccc(S(=O)(=O)N(C)Cc3ccccc3)cc2)cc1. The van der Waals surface area contributed by atoms with Gasteiger partial charge in [-0.25, -0.2) is 8.42 Å². The number of rotatable bonds is 10. The fraction of sp³-hybridized carbons (Fsp3) is 0.269. The van der Waals surface area contributed by atoms with E-state index in [2.05, 4.69) is 5.32 Å². The Kier molecular flexibility index (Phi) is 8.44. The second-order valence-corrected chi connectivity index (χ2v) is 10.2. The van der Waals surface area contributed by atoms with Gasteiger partial charge in [-0.1, -0.05) is 42.5 Å². The highest BCUT2D eigenvalue weighted by Crippen LogP contribution is 2.22. The van der Waals surface area contributed by atoms with Crippen molar-refractivity contribution in [3.63, 3.8) is 0 Å². The van der Waals surface area contributed by atoms with Gasteiger partial charge < -0.3 is 10.1 Å². The summed E-state index contributed by atoms with van der Waals surface area (Å²) in [7, 11) is 1.42. The largest absolute Gasteiger partial charge is 0.497 e. The molecular weight excluding hydrogens is 450 g/mol. The molecule has 1 N–H and O–H groups in total. The summed E-state index contributed by atoms with van der Waals surface area (Å²) >= 11 is 0. The number of anilines is 1. The Bertz CT molecular complexity index is 1180. The summed E-state index contributed by atoms with van der Waals surface area (Å²) in [6.07, 6.45) is 0. The third kappa shape index (κ3) is 6.44. The molecule has 34 heavy (non-hydrogen) atoms. The molecule has 1 unspecified atom stereocenters. The van der Waals surface area contributed by atoms with Crippen molar-refractivity contribution in [2.45, 2.75) is 24.4 Å². The predicted octanol–water partition coefficient (Wildman–Crippen LogP) is 4.15. The van der Waals surface area contributed by atoms with E-state index in [1.54, 1.807) is 26.3 Å². The molecule has 3 aromatic carbocycles. The predicted molar refractivity (Wildman–Crippen MR) is 134 cm³/mol. The molecule has 0 saturated carbocycles. The monoisotopic (exact) mass is 481 g/mol. The lowest BCUT2D eigenvalue weighted by Gasteiger charge is -2.24. The summed E-state index contributed by atoms with van der Waals surface area (Å²) < 4.78 is 32.3. The van der Waals surface area contributed by atoms with Gasteiger partial charge in [0.1, 0.15) is 5.75 Å². The van der Waals surface area contributed by atoms with Gasteiger partial charge in [0.15, 0.2) is 0 Å². The Morgan fingerprint density at radius 3 is 2.15 bits per heavy atom. The number of nitrogens with one attached hydrogen (secondary N) is 1. The van der Waals surface area contributed by atoms with E-state index in [9.17, 15) is 13.2 Å². The summed E-state index contributed by atoms with van der Waals surface area (Å²) in [5.41, 5.74) is 2.52. The van der Waals surface area contributed by atoms with Crippen LogP contribution in [0.25, 0.3) is 0 Å². The van der Waals surface area contributed by atoms with E-state index in [1.807, 2.05) is 73.5 Å². The van der Waals surface area contributed by atoms with E-state index < -0.39 is 10.0 Å². The number of sulfonamides is 1. The molecule has 0 aliphatic carbocycles. The summed E-state index contributed by atoms with van der Waals surface area (Å²) in [5.74, 6) is 0.604. The van der Waals surface area contributed by atoms with E-state index in [1.165, 1.54) is 16.4 Å². The summed E-state index contributed by atoms with van der Waals surface area (Å²) in [6, 6.07) is 23.4. The van der Waals surface area contributed by atoms with Crippen molar-refractivity contribution in [2.24, 2.45) is 0 Å². The maximum absolute atomic E-state index is 12.9. The number of carbonyl (C=O) groups excluding carboxylic acids is 1. The van der Waals surface area contributed by atoms with Gasteiger partial charge in [0.2, 0.25) is 15.9 Å². The first kappa shape index (κ1) is 25.4. The molecule has 3 aromatic rings. The molecule has 1 amide bonds. The van der Waals surface area contributed by atoms with Crippen molar-refractivity contribution in [1.29, 1.82) is 0 Å². The second kappa shape index (κ2) is 11.3. The lowest BCUT2D eigenvalue weighted by Crippen LogP contribution is -2.32. The van der Waals surface area contributed by atoms with E-state index >= 15 is 0 Å². The fourth-order valence-electron chi connectivity index (χ4n) is 3.52. The molecule has 0 heterocycles. The molecule has 0 bridgehead atoms. The number of amides is 1. The molecule has 0 fully saturated rings. The van der Waals surface area contributed by atoms with E-state index in [4.69, 9.17) is 4.74 Å². The third-order valence-corrected chi connectivity index (χ3v) is 7.56. The Morgan fingerprint density at radius 1 is 0.941 bits per heavy atom. The van der Waals surface area contributed by atoms with Crippen LogP contribution in [-0.2, 0) is 21.4 Å². The molecule has 0 aromatic heterocycles. The molecule has 7 nitrogen and oxygen atoms in total. The molecule has 180 valence electrons. The highest BCUT2D eigenvalue weighted by atomic mass is 32.2. The number of nitrogens with zero attached hydrogens (tertiary/aromatic N) is 2. The van der Waals surface area contributed by atoms with Crippen LogP contribution < -0.4 is 10.1 Å². The van der Waals surface area contributed by atoms with Gasteiger partial charge >= 0.3 is 0 Å². The molecule has 0 aliphatic heterocycles. The van der Waals surface area contributed by atoms with Crippen molar-refractivity contribution in [2.75, 3.05) is 33.1 Å². The first-order valence-electron chi connectivity index (χ1n) is 10.9. The number of hydrogen-bond acceptors (Lipinski definition) is 5. The van der Waals surface area contributed by atoms with E-state index in [-0.39, 0.29) is 29.9 Å². The molecule has 0 spiro atoms. The second-order valence-electron chi connectivity index (χ2n) is 8.18.